The van der Waals surface area contributed by atoms with Crippen molar-refractivity contribution in [1.29, 1.82) is 0 Å². The van der Waals surface area contributed by atoms with Crippen LogP contribution in [0.3, 0.4) is 0 Å². The third-order valence-electron chi connectivity index (χ3n) is 5.37. The van der Waals surface area contributed by atoms with Gasteiger partial charge in [0, 0.05) is 39.0 Å². The molecule has 1 aliphatic heterocycles. The number of aromatic nitrogens is 2. The molecule has 0 atom stereocenters. The summed E-state index contributed by atoms with van der Waals surface area (Å²) < 4.78 is 0. The minimum Gasteiger partial charge on any atom is -0.342 e. The van der Waals surface area contributed by atoms with Crippen molar-refractivity contribution in [3.63, 3.8) is 0 Å². The number of nitrogens with one attached hydrogen (secondary N) is 2. The van der Waals surface area contributed by atoms with Crippen LogP contribution in [0, 0.1) is 6.92 Å². The topological polar surface area (TPSA) is 81.3 Å². The molecule has 1 aliphatic rings. The number of carbonyl (C=O) groups excluding carboxylic acids is 2. The summed E-state index contributed by atoms with van der Waals surface area (Å²) in [6.07, 6.45) is 3.32. The highest BCUT2D eigenvalue weighted by molar-refractivity contribution is 5.90. The molecule has 3 rings (SSSR count). The van der Waals surface area contributed by atoms with E-state index < -0.39 is 0 Å². The summed E-state index contributed by atoms with van der Waals surface area (Å²) >= 11 is 0. The number of hydrogen-bond acceptors (Lipinski definition) is 4. The van der Waals surface area contributed by atoms with Crippen molar-refractivity contribution in [2.75, 3.05) is 38.0 Å². The summed E-state index contributed by atoms with van der Waals surface area (Å²) in [5, 5.41) is 10.0. The molecule has 0 saturated carbocycles. The molecule has 1 fully saturated rings. The molecule has 1 aromatic heterocycles. The minimum absolute atomic E-state index is 0.00872. The standard InChI is InChI=1S/C22H31N5O2/c1-17-7-9-19(10-8-17)20-16-21(25-24-20)23-22(29)6-3-4-11-26-12-5-13-27(15-14-26)18(2)28/h7-10,16H,3-6,11-15H2,1-2H3,(H2,23,24,25,29). The van der Waals surface area contributed by atoms with Crippen LogP contribution in [0.15, 0.2) is 30.3 Å². The lowest BCUT2D eigenvalue weighted by molar-refractivity contribution is -0.128. The van der Waals surface area contributed by atoms with Crippen molar-refractivity contribution in [1.82, 2.24) is 20.0 Å². The van der Waals surface area contributed by atoms with Crippen LogP contribution >= 0.6 is 0 Å². The van der Waals surface area contributed by atoms with E-state index in [9.17, 15) is 9.59 Å². The Labute approximate surface area is 172 Å². The normalized spacial score (nSPS) is 15.2. The Morgan fingerprint density at radius 3 is 2.66 bits per heavy atom. The first-order chi connectivity index (χ1) is 14.0. The number of anilines is 1. The number of unbranched alkanes of at least 4 members (excludes halogenated alkanes) is 1. The fourth-order valence-electron chi connectivity index (χ4n) is 3.60. The Kier molecular flexibility index (Phi) is 7.41. The van der Waals surface area contributed by atoms with E-state index >= 15 is 0 Å². The molecule has 156 valence electrons. The maximum Gasteiger partial charge on any atom is 0.225 e. The predicted molar refractivity (Wildman–Crippen MR) is 115 cm³/mol. The summed E-state index contributed by atoms with van der Waals surface area (Å²) in [6, 6.07) is 10.0. The summed E-state index contributed by atoms with van der Waals surface area (Å²) in [5.41, 5.74) is 3.14. The monoisotopic (exact) mass is 397 g/mol. The first-order valence-corrected chi connectivity index (χ1v) is 10.4. The number of carbonyl (C=O) groups is 2. The largest absolute Gasteiger partial charge is 0.342 e. The highest BCUT2D eigenvalue weighted by atomic mass is 16.2. The van der Waals surface area contributed by atoms with Gasteiger partial charge in [0.1, 0.15) is 0 Å². The molecule has 7 nitrogen and oxygen atoms in total. The van der Waals surface area contributed by atoms with Crippen LogP contribution in [0.25, 0.3) is 11.3 Å². The molecule has 0 spiro atoms. The molecule has 2 amide bonds. The summed E-state index contributed by atoms with van der Waals surface area (Å²) in [4.78, 5) is 28.0. The lowest BCUT2D eigenvalue weighted by Crippen LogP contribution is -2.34. The van der Waals surface area contributed by atoms with Crippen molar-refractivity contribution >= 4 is 17.6 Å². The molecule has 1 saturated heterocycles. The number of benzene rings is 1. The van der Waals surface area contributed by atoms with Crippen LogP contribution in [0.1, 0.15) is 38.2 Å². The summed E-state index contributed by atoms with van der Waals surface area (Å²) in [6.45, 7) is 8.25. The van der Waals surface area contributed by atoms with Gasteiger partial charge in [0.05, 0.1) is 5.69 Å². The lowest BCUT2D eigenvalue weighted by atomic mass is 10.1. The molecule has 29 heavy (non-hydrogen) atoms. The Hall–Kier alpha value is -2.67. The number of rotatable bonds is 7. The van der Waals surface area contributed by atoms with Gasteiger partial charge in [-0.25, -0.2) is 0 Å². The smallest absolute Gasteiger partial charge is 0.225 e. The quantitative estimate of drug-likeness (QED) is 0.704. The van der Waals surface area contributed by atoms with Crippen LogP contribution in [0.5, 0.6) is 0 Å². The fraction of sp³-hybridized carbons (Fsp3) is 0.500. The van der Waals surface area contributed by atoms with Gasteiger partial charge in [0.15, 0.2) is 5.82 Å². The zero-order valence-corrected chi connectivity index (χ0v) is 17.4. The van der Waals surface area contributed by atoms with Crippen LogP contribution in [-0.2, 0) is 9.59 Å². The van der Waals surface area contributed by atoms with E-state index in [2.05, 4.69) is 39.5 Å². The van der Waals surface area contributed by atoms with Crippen LogP contribution in [0.4, 0.5) is 5.82 Å². The van der Waals surface area contributed by atoms with E-state index in [-0.39, 0.29) is 11.8 Å². The van der Waals surface area contributed by atoms with Gasteiger partial charge in [0.2, 0.25) is 11.8 Å². The Morgan fingerprint density at radius 2 is 1.90 bits per heavy atom. The fourth-order valence-corrected chi connectivity index (χ4v) is 3.60. The first kappa shape index (κ1) is 21.0. The number of aromatic amines is 1. The molecule has 0 aliphatic carbocycles. The molecule has 0 bridgehead atoms. The molecular formula is C22H31N5O2. The van der Waals surface area contributed by atoms with Gasteiger partial charge in [-0.05, 0) is 44.8 Å². The Balaban J connectivity index is 1.36. The second kappa shape index (κ2) is 10.2. The van der Waals surface area contributed by atoms with Gasteiger partial charge in [-0.1, -0.05) is 29.8 Å². The second-order valence-corrected chi connectivity index (χ2v) is 7.74. The predicted octanol–water partition coefficient (Wildman–Crippen LogP) is 3.05. The number of aryl methyl sites for hydroxylation is 1. The minimum atomic E-state index is -0.00872. The number of amides is 2. The van der Waals surface area contributed by atoms with Gasteiger partial charge in [-0.2, -0.15) is 5.10 Å². The summed E-state index contributed by atoms with van der Waals surface area (Å²) in [5.74, 6) is 0.709. The SMILES string of the molecule is CC(=O)N1CCCN(CCCCC(=O)Nc2cc(-c3ccc(C)cc3)[nH]n2)CC1. The zero-order valence-electron chi connectivity index (χ0n) is 17.4. The zero-order chi connectivity index (χ0) is 20.6. The molecule has 2 aromatic rings. The molecule has 2 heterocycles. The maximum absolute atomic E-state index is 12.2. The van der Waals surface area contributed by atoms with Crippen molar-refractivity contribution in [3.05, 3.63) is 35.9 Å². The first-order valence-electron chi connectivity index (χ1n) is 10.4. The van der Waals surface area contributed by atoms with E-state index in [0.29, 0.717) is 12.2 Å². The number of nitrogens with zero attached hydrogens (tertiary/aromatic N) is 3. The molecule has 1 aromatic carbocycles. The van der Waals surface area contributed by atoms with Crippen molar-refractivity contribution < 1.29 is 9.59 Å². The maximum atomic E-state index is 12.2. The van der Waals surface area contributed by atoms with E-state index in [4.69, 9.17) is 0 Å². The molecule has 7 heteroatoms. The van der Waals surface area contributed by atoms with Crippen LogP contribution in [0.2, 0.25) is 0 Å². The van der Waals surface area contributed by atoms with Crippen molar-refractivity contribution in [2.24, 2.45) is 0 Å². The number of H-pyrrole nitrogens is 1. The van der Waals surface area contributed by atoms with Gasteiger partial charge < -0.3 is 15.1 Å². The Bertz CT molecular complexity index is 815. The Morgan fingerprint density at radius 1 is 1.10 bits per heavy atom. The second-order valence-electron chi connectivity index (χ2n) is 7.74. The van der Waals surface area contributed by atoms with Gasteiger partial charge in [0.25, 0.3) is 0 Å². The highest BCUT2D eigenvalue weighted by Crippen LogP contribution is 2.20. The highest BCUT2D eigenvalue weighted by Gasteiger charge is 2.16. The molecular weight excluding hydrogens is 366 g/mol. The molecule has 0 unspecified atom stereocenters. The van der Waals surface area contributed by atoms with Crippen molar-refractivity contribution in [2.45, 2.75) is 39.5 Å². The summed E-state index contributed by atoms with van der Waals surface area (Å²) in [7, 11) is 0. The van der Waals surface area contributed by atoms with E-state index in [0.717, 1.165) is 63.2 Å². The van der Waals surface area contributed by atoms with Crippen LogP contribution in [-0.4, -0.2) is 64.5 Å². The van der Waals surface area contributed by atoms with E-state index in [1.807, 2.05) is 23.1 Å². The molecule has 2 N–H and O–H groups in total. The van der Waals surface area contributed by atoms with E-state index in [1.165, 1.54) is 5.56 Å². The lowest BCUT2D eigenvalue weighted by Gasteiger charge is -2.20. The van der Waals surface area contributed by atoms with Crippen molar-refractivity contribution in [3.8, 4) is 11.3 Å². The third kappa shape index (κ3) is 6.42. The third-order valence-corrected chi connectivity index (χ3v) is 5.37. The molecule has 0 radical (unpaired) electrons. The number of hydrogen-bond donors (Lipinski definition) is 2. The van der Waals surface area contributed by atoms with Gasteiger partial charge in [-0.3, -0.25) is 14.7 Å². The van der Waals surface area contributed by atoms with Gasteiger partial charge >= 0.3 is 0 Å². The van der Waals surface area contributed by atoms with E-state index in [1.54, 1.807) is 6.92 Å². The van der Waals surface area contributed by atoms with Crippen LogP contribution < -0.4 is 5.32 Å². The average molecular weight is 398 g/mol. The van der Waals surface area contributed by atoms with Gasteiger partial charge in [-0.15, -0.1) is 0 Å². The average Bonchev–Trinajstić information content (AvgIpc) is 3.02.